The van der Waals surface area contributed by atoms with Crippen molar-refractivity contribution >= 4 is 5.69 Å². The Morgan fingerprint density at radius 1 is 1.40 bits per heavy atom. The summed E-state index contributed by atoms with van der Waals surface area (Å²) in [6.45, 7) is 5.22. The minimum atomic E-state index is -0.165. The first-order valence-corrected chi connectivity index (χ1v) is 5.54. The van der Waals surface area contributed by atoms with Gasteiger partial charge in [-0.3, -0.25) is 0 Å². The molecule has 15 heavy (non-hydrogen) atoms. The number of anilines is 1. The number of nitrogens with zero attached hydrogens (tertiary/aromatic N) is 1. The van der Waals surface area contributed by atoms with E-state index in [4.69, 9.17) is 0 Å². The zero-order valence-electron chi connectivity index (χ0n) is 9.04. The molecule has 0 saturated carbocycles. The molecule has 2 rings (SSSR count). The zero-order valence-corrected chi connectivity index (χ0v) is 9.04. The second-order valence-electron chi connectivity index (χ2n) is 3.94. The van der Waals surface area contributed by atoms with E-state index in [0.717, 1.165) is 31.7 Å². The van der Waals surface area contributed by atoms with Crippen LogP contribution in [0, 0.1) is 5.82 Å². The van der Waals surface area contributed by atoms with Crippen molar-refractivity contribution in [1.82, 2.24) is 5.32 Å². The van der Waals surface area contributed by atoms with Crippen LogP contribution >= 0.6 is 0 Å². The van der Waals surface area contributed by atoms with Gasteiger partial charge in [-0.2, -0.15) is 0 Å². The van der Waals surface area contributed by atoms with Crippen molar-refractivity contribution in [2.75, 3.05) is 24.5 Å². The molecule has 1 aromatic carbocycles. The van der Waals surface area contributed by atoms with E-state index in [1.807, 2.05) is 12.1 Å². The van der Waals surface area contributed by atoms with E-state index in [-0.39, 0.29) is 5.82 Å². The maximum Gasteiger partial charge on any atom is 0.123 e. The molecule has 1 saturated heterocycles. The van der Waals surface area contributed by atoms with Crippen molar-refractivity contribution in [3.05, 3.63) is 30.1 Å². The van der Waals surface area contributed by atoms with Gasteiger partial charge >= 0.3 is 0 Å². The monoisotopic (exact) mass is 208 g/mol. The smallest absolute Gasteiger partial charge is 0.123 e. The van der Waals surface area contributed by atoms with Crippen LogP contribution in [0.3, 0.4) is 0 Å². The number of benzene rings is 1. The quantitative estimate of drug-likeness (QED) is 0.800. The van der Waals surface area contributed by atoms with Crippen molar-refractivity contribution in [1.29, 1.82) is 0 Å². The van der Waals surface area contributed by atoms with Crippen molar-refractivity contribution < 1.29 is 4.39 Å². The van der Waals surface area contributed by atoms with Gasteiger partial charge in [-0.25, -0.2) is 4.39 Å². The van der Waals surface area contributed by atoms with Crippen LogP contribution in [-0.2, 0) is 0 Å². The summed E-state index contributed by atoms with van der Waals surface area (Å²) in [5.41, 5.74) is 1.13. The van der Waals surface area contributed by atoms with E-state index in [9.17, 15) is 4.39 Å². The largest absolute Gasteiger partial charge is 0.366 e. The van der Waals surface area contributed by atoms with Crippen molar-refractivity contribution in [3.8, 4) is 0 Å². The van der Waals surface area contributed by atoms with Gasteiger partial charge in [-0.1, -0.05) is 6.92 Å². The molecule has 0 aromatic heterocycles. The Morgan fingerprint density at radius 3 is 2.80 bits per heavy atom. The third-order valence-electron chi connectivity index (χ3n) is 2.98. The molecule has 0 bridgehead atoms. The minimum absolute atomic E-state index is 0.165. The second kappa shape index (κ2) is 4.62. The van der Waals surface area contributed by atoms with Gasteiger partial charge in [0.05, 0.1) is 0 Å². The molecular formula is C12H17FN2. The molecular weight excluding hydrogens is 191 g/mol. The molecule has 1 heterocycles. The molecule has 0 unspecified atom stereocenters. The maximum atomic E-state index is 12.8. The molecule has 0 aliphatic carbocycles. The first kappa shape index (κ1) is 10.4. The fraction of sp³-hybridized carbons (Fsp3) is 0.500. The summed E-state index contributed by atoms with van der Waals surface area (Å²) < 4.78 is 12.8. The van der Waals surface area contributed by atoms with Gasteiger partial charge in [0.1, 0.15) is 5.82 Å². The minimum Gasteiger partial charge on any atom is -0.366 e. The highest BCUT2D eigenvalue weighted by molar-refractivity contribution is 5.47. The lowest BCUT2D eigenvalue weighted by Crippen LogP contribution is -2.51. The average Bonchev–Trinajstić information content (AvgIpc) is 2.30. The Morgan fingerprint density at radius 2 is 2.13 bits per heavy atom. The van der Waals surface area contributed by atoms with Gasteiger partial charge < -0.3 is 10.2 Å². The summed E-state index contributed by atoms with van der Waals surface area (Å²) in [6.07, 6.45) is 1.12. The molecule has 0 amide bonds. The van der Waals surface area contributed by atoms with Crippen molar-refractivity contribution in [3.63, 3.8) is 0 Å². The lowest BCUT2D eigenvalue weighted by Gasteiger charge is -2.37. The standard InChI is InChI=1S/C12H17FN2/c1-2-11-9-14-7-8-15(11)12-5-3-10(13)4-6-12/h3-6,11,14H,2,7-9H2,1H3/t11-/m0/s1. The molecule has 0 spiro atoms. The predicted octanol–water partition coefficient (Wildman–Crippen LogP) is 2.01. The lowest BCUT2D eigenvalue weighted by atomic mass is 10.1. The third-order valence-corrected chi connectivity index (χ3v) is 2.98. The topological polar surface area (TPSA) is 15.3 Å². The molecule has 0 radical (unpaired) electrons. The number of halogens is 1. The van der Waals surface area contributed by atoms with Crippen LogP contribution in [0.5, 0.6) is 0 Å². The fourth-order valence-corrected chi connectivity index (χ4v) is 2.10. The summed E-state index contributed by atoms with van der Waals surface area (Å²) >= 11 is 0. The van der Waals surface area contributed by atoms with Crippen LogP contribution in [0.2, 0.25) is 0 Å². The molecule has 1 aliphatic heterocycles. The van der Waals surface area contributed by atoms with Crippen LogP contribution in [0.25, 0.3) is 0 Å². The van der Waals surface area contributed by atoms with Crippen LogP contribution in [-0.4, -0.2) is 25.7 Å². The highest BCUT2D eigenvalue weighted by Gasteiger charge is 2.20. The van der Waals surface area contributed by atoms with E-state index >= 15 is 0 Å². The third kappa shape index (κ3) is 2.29. The number of nitrogens with one attached hydrogen (secondary N) is 1. The van der Waals surface area contributed by atoms with E-state index in [1.165, 1.54) is 12.1 Å². The average molecular weight is 208 g/mol. The van der Waals surface area contributed by atoms with E-state index < -0.39 is 0 Å². The molecule has 1 fully saturated rings. The molecule has 1 aliphatic rings. The Hall–Kier alpha value is -1.09. The number of hydrogen-bond donors (Lipinski definition) is 1. The first-order chi connectivity index (χ1) is 7.31. The van der Waals surface area contributed by atoms with Crippen LogP contribution in [0.1, 0.15) is 13.3 Å². The SMILES string of the molecule is CC[C@H]1CNCCN1c1ccc(F)cc1. The molecule has 1 aromatic rings. The van der Waals surface area contributed by atoms with Gasteiger partial charge in [0.15, 0.2) is 0 Å². The van der Waals surface area contributed by atoms with E-state index in [0.29, 0.717) is 6.04 Å². The Kier molecular flexibility index (Phi) is 3.21. The second-order valence-corrected chi connectivity index (χ2v) is 3.94. The van der Waals surface area contributed by atoms with Gasteiger partial charge in [-0.15, -0.1) is 0 Å². The van der Waals surface area contributed by atoms with Gasteiger partial charge in [-0.05, 0) is 30.7 Å². The van der Waals surface area contributed by atoms with Crippen LogP contribution in [0.4, 0.5) is 10.1 Å². The lowest BCUT2D eigenvalue weighted by molar-refractivity contribution is 0.466. The van der Waals surface area contributed by atoms with E-state index in [1.54, 1.807) is 0 Å². The first-order valence-electron chi connectivity index (χ1n) is 5.54. The fourth-order valence-electron chi connectivity index (χ4n) is 2.10. The number of piperazine rings is 1. The summed E-state index contributed by atoms with van der Waals surface area (Å²) in [5, 5.41) is 3.38. The Labute approximate surface area is 90.1 Å². The van der Waals surface area contributed by atoms with Crippen LogP contribution < -0.4 is 10.2 Å². The molecule has 1 N–H and O–H groups in total. The molecule has 2 nitrogen and oxygen atoms in total. The van der Waals surface area contributed by atoms with Crippen LogP contribution in [0.15, 0.2) is 24.3 Å². The molecule has 3 heteroatoms. The predicted molar refractivity (Wildman–Crippen MR) is 60.7 cm³/mol. The van der Waals surface area contributed by atoms with E-state index in [2.05, 4.69) is 17.1 Å². The van der Waals surface area contributed by atoms with Crippen molar-refractivity contribution in [2.24, 2.45) is 0 Å². The number of hydrogen-bond acceptors (Lipinski definition) is 2. The number of rotatable bonds is 2. The van der Waals surface area contributed by atoms with Gasteiger partial charge in [0.25, 0.3) is 0 Å². The molecule has 82 valence electrons. The van der Waals surface area contributed by atoms with Gasteiger partial charge in [0.2, 0.25) is 0 Å². The highest BCUT2D eigenvalue weighted by Crippen LogP contribution is 2.19. The Bertz CT molecular complexity index is 310. The Balaban J connectivity index is 2.16. The van der Waals surface area contributed by atoms with Crippen molar-refractivity contribution in [2.45, 2.75) is 19.4 Å². The summed E-state index contributed by atoms with van der Waals surface area (Å²) in [4.78, 5) is 2.36. The normalized spacial score (nSPS) is 21.7. The highest BCUT2D eigenvalue weighted by atomic mass is 19.1. The molecule has 1 atom stereocenters. The van der Waals surface area contributed by atoms with Gasteiger partial charge in [0, 0.05) is 31.4 Å². The summed E-state index contributed by atoms with van der Waals surface area (Å²) in [5.74, 6) is -0.165. The summed E-state index contributed by atoms with van der Waals surface area (Å²) in [6, 6.07) is 7.32. The maximum absolute atomic E-state index is 12.8. The summed E-state index contributed by atoms with van der Waals surface area (Å²) in [7, 11) is 0. The zero-order chi connectivity index (χ0) is 10.7.